The second-order valence-corrected chi connectivity index (χ2v) is 9.71. The Kier molecular flexibility index (Phi) is 5.64. The first-order chi connectivity index (χ1) is 11.5. The molecule has 136 valence electrons. The number of nitrogens with zero attached hydrogens (tertiary/aromatic N) is 3. The summed E-state index contributed by atoms with van der Waals surface area (Å²) in [5, 5.41) is 0.497. The Morgan fingerprint density at radius 1 is 1.16 bits per heavy atom. The minimum absolute atomic E-state index is 0.00229. The molecule has 1 aromatic carbocycles. The number of hydrogen-bond donors (Lipinski definition) is 0. The van der Waals surface area contributed by atoms with E-state index in [0.29, 0.717) is 22.3 Å². The second-order valence-electron chi connectivity index (χ2n) is 6.08. The summed E-state index contributed by atoms with van der Waals surface area (Å²) in [6, 6.07) is 5.62. The van der Waals surface area contributed by atoms with Gasteiger partial charge in [0.25, 0.3) is 0 Å². The van der Waals surface area contributed by atoms with E-state index in [1.165, 1.54) is 31.3 Å². The molecule has 0 saturated heterocycles. The topological polar surface area (TPSA) is 80.2 Å². The molecule has 1 aromatic heterocycles. The molecular formula is C16H21FN3O3PS. The molecular weight excluding hydrogens is 364 g/mol. The van der Waals surface area contributed by atoms with Gasteiger partial charge >= 0.3 is 0 Å². The lowest BCUT2D eigenvalue weighted by molar-refractivity contribution is 0.595. The van der Waals surface area contributed by atoms with Crippen LogP contribution in [0, 0.1) is 5.82 Å². The van der Waals surface area contributed by atoms with Crippen molar-refractivity contribution in [3.05, 3.63) is 35.8 Å². The Hall–Kier alpha value is -1.79. The highest BCUT2D eigenvalue weighted by Crippen LogP contribution is 2.30. The van der Waals surface area contributed by atoms with Crippen LogP contribution in [0.4, 0.5) is 10.3 Å². The Balaban J connectivity index is 2.84. The van der Waals surface area contributed by atoms with E-state index in [1.54, 1.807) is 6.66 Å². The van der Waals surface area contributed by atoms with Gasteiger partial charge in [-0.2, -0.15) is 0 Å². The molecule has 6 nitrogen and oxygen atoms in total. The first kappa shape index (κ1) is 19.5. The van der Waals surface area contributed by atoms with Gasteiger partial charge in [0.2, 0.25) is 16.0 Å². The molecule has 9 heteroatoms. The van der Waals surface area contributed by atoms with Gasteiger partial charge in [-0.25, -0.2) is 27.1 Å². The minimum Gasteiger partial charge on any atom is -0.322 e. The molecule has 0 aliphatic carbocycles. The highest BCUT2D eigenvalue weighted by Gasteiger charge is 2.24. The second kappa shape index (κ2) is 7.22. The molecule has 0 saturated carbocycles. The van der Waals surface area contributed by atoms with Crippen LogP contribution in [0.2, 0.25) is 0 Å². The molecule has 0 aliphatic rings. The van der Waals surface area contributed by atoms with Crippen molar-refractivity contribution >= 4 is 29.1 Å². The standard InChI is InChI=1S/C16H21FN3O3PS/c1-10(2)13-15(24(4)21)14(11-6-8-12(17)9-7-11)19-16(18-13)20(3)25(5,22)23/h6-10,24H,1-5H3. The molecule has 0 bridgehead atoms. The average molecular weight is 385 g/mol. The summed E-state index contributed by atoms with van der Waals surface area (Å²) in [6.07, 6.45) is 1.06. The van der Waals surface area contributed by atoms with Crippen LogP contribution in [0.25, 0.3) is 11.3 Å². The van der Waals surface area contributed by atoms with Gasteiger partial charge < -0.3 is 4.57 Å². The molecule has 0 aliphatic heterocycles. The van der Waals surface area contributed by atoms with E-state index >= 15 is 0 Å². The molecule has 1 heterocycles. The summed E-state index contributed by atoms with van der Waals surface area (Å²) in [5.41, 5.74) is 1.46. The third-order valence-corrected chi connectivity index (χ3v) is 6.08. The Labute approximate surface area is 148 Å². The van der Waals surface area contributed by atoms with Crippen molar-refractivity contribution in [3.8, 4) is 11.3 Å². The molecule has 1 unspecified atom stereocenters. The largest absolute Gasteiger partial charge is 0.322 e. The molecule has 0 spiro atoms. The zero-order chi connectivity index (χ0) is 18.9. The summed E-state index contributed by atoms with van der Waals surface area (Å²) in [7, 11) is -4.39. The Morgan fingerprint density at radius 3 is 2.16 bits per heavy atom. The summed E-state index contributed by atoms with van der Waals surface area (Å²) in [6.45, 7) is 5.35. The predicted molar refractivity (Wildman–Crippen MR) is 99.3 cm³/mol. The number of anilines is 1. The normalized spacial score (nSPS) is 13.1. The maximum Gasteiger partial charge on any atom is 0.239 e. The van der Waals surface area contributed by atoms with Crippen LogP contribution in [0.15, 0.2) is 24.3 Å². The number of halogens is 1. The Bertz CT molecular complexity index is 915. The SMILES string of the molecule is CC(C)c1nc(N(C)S(C)(=O)=O)nc(-c2ccc(F)cc2)c1[PH](C)=O. The summed E-state index contributed by atoms with van der Waals surface area (Å²) in [4.78, 5) is 8.69. The molecule has 0 N–H and O–H groups in total. The molecule has 2 aromatic rings. The van der Waals surface area contributed by atoms with Gasteiger partial charge in [0.15, 0.2) is 0 Å². The van der Waals surface area contributed by atoms with Crippen LogP contribution in [-0.4, -0.2) is 38.4 Å². The van der Waals surface area contributed by atoms with E-state index in [-0.39, 0.29) is 11.9 Å². The Morgan fingerprint density at radius 2 is 1.72 bits per heavy atom. The van der Waals surface area contributed by atoms with Crippen molar-refractivity contribution in [1.29, 1.82) is 0 Å². The first-order valence-corrected chi connectivity index (χ1v) is 11.4. The van der Waals surface area contributed by atoms with Gasteiger partial charge in [0.1, 0.15) is 13.6 Å². The van der Waals surface area contributed by atoms with Gasteiger partial charge in [-0.1, -0.05) is 13.8 Å². The van der Waals surface area contributed by atoms with Gasteiger partial charge in [-0.15, -0.1) is 0 Å². The van der Waals surface area contributed by atoms with Crippen LogP contribution in [0.5, 0.6) is 0 Å². The quantitative estimate of drug-likeness (QED) is 0.739. The van der Waals surface area contributed by atoms with Crippen LogP contribution < -0.4 is 9.61 Å². The van der Waals surface area contributed by atoms with E-state index in [9.17, 15) is 17.4 Å². The zero-order valence-electron chi connectivity index (χ0n) is 14.7. The number of sulfonamides is 1. The summed E-state index contributed by atoms with van der Waals surface area (Å²) >= 11 is 0. The maximum atomic E-state index is 13.3. The van der Waals surface area contributed by atoms with Crippen LogP contribution in [-0.2, 0) is 14.6 Å². The summed E-state index contributed by atoms with van der Waals surface area (Å²) in [5.74, 6) is -0.489. The number of aromatic nitrogens is 2. The minimum atomic E-state index is -3.56. The monoisotopic (exact) mass is 385 g/mol. The molecule has 0 fully saturated rings. The zero-order valence-corrected chi connectivity index (χ0v) is 16.6. The van der Waals surface area contributed by atoms with Gasteiger partial charge in [-0.3, -0.25) is 0 Å². The van der Waals surface area contributed by atoms with E-state index in [2.05, 4.69) is 9.97 Å². The maximum absolute atomic E-state index is 13.3. The predicted octanol–water partition coefficient (Wildman–Crippen LogP) is 2.62. The number of hydrogen-bond acceptors (Lipinski definition) is 5. The molecule has 2 rings (SSSR count). The van der Waals surface area contributed by atoms with Gasteiger partial charge in [-0.05, 0) is 36.8 Å². The number of benzene rings is 1. The van der Waals surface area contributed by atoms with Crippen molar-refractivity contribution in [2.45, 2.75) is 19.8 Å². The van der Waals surface area contributed by atoms with Gasteiger partial charge in [0.05, 0.1) is 22.9 Å². The average Bonchev–Trinajstić information content (AvgIpc) is 2.52. The van der Waals surface area contributed by atoms with Crippen molar-refractivity contribution < 1.29 is 17.4 Å². The lowest BCUT2D eigenvalue weighted by Crippen LogP contribution is -2.29. The molecule has 0 radical (unpaired) electrons. The number of rotatable bonds is 5. The fourth-order valence-corrected chi connectivity index (χ4v) is 3.95. The smallest absolute Gasteiger partial charge is 0.239 e. The third kappa shape index (κ3) is 4.25. The lowest BCUT2D eigenvalue weighted by atomic mass is 10.1. The highest BCUT2D eigenvalue weighted by molar-refractivity contribution is 7.92. The van der Waals surface area contributed by atoms with E-state index in [0.717, 1.165) is 10.6 Å². The highest BCUT2D eigenvalue weighted by atomic mass is 32.2. The van der Waals surface area contributed by atoms with E-state index < -0.39 is 23.6 Å². The molecule has 0 amide bonds. The van der Waals surface area contributed by atoms with E-state index in [4.69, 9.17) is 0 Å². The van der Waals surface area contributed by atoms with Crippen molar-refractivity contribution in [2.75, 3.05) is 24.3 Å². The van der Waals surface area contributed by atoms with Crippen LogP contribution in [0.1, 0.15) is 25.5 Å². The van der Waals surface area contributed by atoms with Crippen molar-refractivity contribution in [3.63, 3.8) is 0 Å². The van der Waals surface area contributed by atoms with E-state index in [1.807, 2.05) is 13.8 Å². The summed E-state index contributed by atoms with van der Waals surface area (Å²) < 4.78 is 50.4. The van der Waals surface area contributed by atoms with Gasteiger partial charge in [0, 0.05) is 12.6 Å². The first-order valence-electron chi connectivity index (χ1n) is 7.65. The fourth-order valence-electron chi connectivity index (χ4n) is 2.34. The van der Waals surface area contributed by atoms with Crippen LogP contribution in [0.3, 0.4) is 0 Å². The molecule has 25 heavy (non-hydrogen) atoms. The van der Waals surface area contributed by atoms with Crippen molar-refractivity contribution in [2.24, 2.45) is 0 Å². The molecule has 1 atom stereocenters. The van der Waals surface area contributed by atoms with Crippen molar-refractivity contribution in [1.82, 2.24) is 9.97 Å². The fraction of sp³-hybridized carbons (Fsp3) is 0.375. The van der Waals surface area contributed by atoms with Crippen LogP contribution >= 0.6 is 7.80 Å². The lowest BCUT2D eigenvalue weighted by Gasteiger charge is -2.20. The third-order valence-electron chi connectivity index (χ3n) is 3.72.